The van der Waals surface area contributed by atoms with Crippen molar-refractivity contribution in [3.05, 3.63) is 0 Å². The number of likely N-dealkylation sites (N-methyl/N-ethyl adjacent to an activating group) is 1. The third kappa shape index (κ3) is 1.98. The van der Waals surface area contributed by atoms with Crippen LogP contribution in [-0.4, -0.2) is 38.0 Å². The van der Waals surface area contributed by atoms with Gasteiger partial charge in [0.2, 0.25) is 12.3 Å². The molecule has 5 nitrogen and oxygen atoms in total. The van der Waals surface area contributed by atoms with Crippen LogP contribution in [0.25, 0.3) is 0 Å². The Kier molecular flexibility index (Phi) is 3.25. The molecule has 1 aliphatic rings. The van der Waals surface area contributed by atoms with Crippen LogP contribution in [0.4, 0.5) is 0 Å². The van der Waals surface area contributed by atoms with E-state index in [9.17, 15) is 9.59 Å². The van der Waals surface area contributed by atoms with Crippen molar-refractivity contribution in [1.29, 1.82) is 0 Å². The summed E-state index contributed by atoms with van der Waals surface area (Å²) >= 11 is 0. The Hall–Kier alpha value is -1.10. The summed E-state index contributed by atoms with van der Waals surface area (Å²) in [5, 5.41) is 8.33. The summed E-state index contributed by atoms with van der Waals surface area (Å²) in [6.07, 6.45) is 1.89. The molecule has 0 bridgehead atoms. The van der Waals surface area contributed by atoms with E-state index < -0.39 is 5.54 Å². The first-order valence-electron chi connectivity index (χ1n) is 4.39. The standard InChI is InChI=1S/C8H15N3O2/c1-9-7(13)8(11-6-12)2-4-10-5-3-8/h6,10H,2-5H2,1H3,(H,9,13)(H,11,12). The van der Waals surface area contributed by atoms with Crippen molar-refractivity contribution in [3.8, 4) is 0 Å². The zero-order valence-electron chi connectivity index (χ0n) is 7.72. The van der Waals surface area contributed by atoms with Crippen LogP contribution in [0.3, 0.4) is 0 Å². The maximum absolute atomic E-state index is 11.5. The second kappa shape index (κ2) is 4.23. The summed E-state index contributed by atoms with van der Waals surface area (Å²) in [6, 6.07) is 0. The van der Waals surface area contributed by atoms with Crippen LogP contribution in [0.15, 0.2) is 0 Å². The van der Waals surface area contributed by atoms with E-state index >= 15 is 0 Å². The molecule has 0 unspecified atom stereocenters. The molecule has 0 aromatic carbocycles. The second-order valence-corrected chi connectivity index (χ2v) is 3.17. The molecule has 1 fully saturated rings. The monoisotopic (exact) mass is 185 g/mol. The van der Waals surface area contributed by atoms with E-state index in [1.54, 1.807) is 7.05 Å². The number of hydrogen-bond donors (Lipinski definition) is 3. The van der Waals surface area contributed by atoms with Gasteiger partial charge in [-0.1, -0.05) is 0 Å². The minimum absolute atomic E-state index is 0.110. The molecular weight excluding hydrogens is 170 g/mol. The number of rotatable bonds is 3. The van der Waals surface area contributed by atoms with E-state index in [-0.39, 0.29) is 5.91 Å². The van der Waals surface area contributed by atoms with Crippen LogP contribution in [0.5, 0.6) is 0 Å². The predicted molar refractivity (Wildman–Crippen MR) is 48.1 cm³/mol. The number of nitrogens with one attached hydrogen (secondary N) is 3. The van der Waals surface area contributed by atoms with Gasteiger partial charge in [-0.15, -0.1) is 0 Å². The fourth-order valence-corrected chi connectivity index (χ4v) is 1.64. The third-order valence-electron chi connectivity index (χ3n) is 2.45. The Bertz CT molecular complexity index is 200. The summed E-state index contributed by atoms with van der Waals surface area (Å²) in [5.41, 5.74) is -0.693. The SMILES string of the molecule is CNC(=O)C1(NC=O)CCNCC1. The number of piperidine rings is 1. The lowest BCUT2D eigenvalue weighted by Crippen LogP contribution is -2.60. The molecule has 1 saturated heterocycles. The summed E-state index contributed by atoms with van der Waals surface area (Å²) in [5.74, 6) is -0.110. The highest BCUT2D eigenvalue weighted by atomic mass is 16.2. The van der Waals surface area contributed by atoms with Gasteiger partial charge in [-0.05, 0) is 25.9 Å². The Morgan fingerprint density at radius 3 is 2.54 bits per heavy atom. The Balaban J connectivity index is 2.71. The Labute approximate surface area is 77.3 Å². The maximum Gasteiger partial charge on any atom is 0.245 e. The molecular formula is C8H15N3O2. The van der Waals surface area contributed by atoms with Gasteiger partial charge in [0.15, 0.2) is 0 Å². The fourth-order valence-electron chi connectivity index (χ4n) is 1.64. The molecule has 0 aromatic rings. The Morgan fingerprint density at radius 2 is 2.08 bits per heavy atom. The first kappa shape index (κ1) is 9.98. The summed E-state index contributed by atoms with van der Waals surface area (Å²) in [7, 11) is 1.58. The molecule has 74 valence electrons. The van der Waals surface area contributed by atoms with Crippen LogP contribution >= 0.6 is 0 Å². The van der Waals surface area contributed by atoms with Crippen molar-refractivity contribution in [2.75, 3.05) is 20.1 Å². The maximum atomic E-state index is 11.5. The normalized spacial score (nSPS) is 20.4. The summed E-state index contributed by atoms with van der Waals surface area (Å²) in [6.45, 7) is 1.52. The molecule has 13 heavy (non-hydrogen) atoms. The van der Waals surface area contributed by atoms with E-state index in [0.717, 1.165) is 13.1 Å². The van der Waals surface area contributed by atoms with E-state index in [2.05, 4.69) is 16.0 Å². The van der Waals surface area contributed by atoms with Gasteiger partial charge in [0, 0.05) is 7.05 Å². The van der Waals surface area contributed by atoms with Crippen LogP contribution < -0.4 is 16.0 Å². The summed E-state index contributed by atoms with van der Waals surface area (Å²) in [4.78, 5) is 21.9. The molecule has 5 heteroatoms. The van der Waals surface area contributed by atoms with Crippen LogP contribution in [0.2, 0.25) is 0 Å². The largest absolute Gasteiger partial charge is 0.357 e. The molecule has 1 heterocycles. The van der Waals surface area contributed by atoms with E-state index in [4.69, 9.17) is 0 Å². The lowest BCUT2D eigenvalue weighted by atomic mass is 9.87. The van der Waals surface area contributed by atoms with Gasteiger partial charge in [-0.3, -0.25) is 9.59 Å². The molecule has 1 aliphatic heterocycles. The van der Waals surface area contributed by atoms with Gasteiger partial charge in [-0.2, -0.15) is 0 Å². The fraction of sp³-hybridized carbons (Fsp3) is 0.750. The third-order valence-corrected chi connectivity index (χ3v) is 2.45. The van der Waals surface area contributed by atoms with Crippen molar-refractivity contribution >= 4 is 12.3 Å². The molecule has 0 atom stereocenters. The van der Waals surface area contributed by atoms with Gasteiger partial charge in [0.1, 0.15) is 5.54 Å². The van der Waals surface area contributed by atoms with Crippen LogP contribution in [0, 0.1) is 0 Å². The van der Waals surface area contributed by atoms with E-state index in [1.165, 1.54) is 0 Å². The predicted octanol–water partition coefficient (Wildman–Crippen LogP) is -1.40. The smallest absolute Gasteiger partial charge is 0.245 e. The minimum atomic E-state index is -0.693. The topological polar surface area (TPSA) is 70.2 Å². The molecule has 0 radical (unpaired) electrons. The van der Waals surface area contributed by atoms with Crippen molar-refractivity contribution in [2.24, 2.45) is 0 Å². The van der Waals surface area contributed by atoms with Crippen LogP contribution in [-0.2, 0) is 9.59 Å². The zero-order chi connectivity index (χ0) is 9.73. The highest BCUT2D eigenvalue weighted by Crippen LogP contribution is 2.17. The molecule has 0 aromatic heterocycles. The van der Waals surface area contributed by atoms with Crippen molar-refractivity contribution in [2.45, 2.75) is 18.4 Å². The molecule has 2 amide bonds. The van der Waals surface area contributed by atoms with Gasteiger partial charge >= 0.3 is 0 Å². The van der Waals surface area contributed by atoms with Gasteiger partial charge in [0.25, 0.3) is 0 Å². The van der Waals surface area contributed by atoms with Crippen molar-refractivity contribution < 1.29 is 9.59 Å². The average molecular weight is 185 g/mol. The van der Waals surface area contributed by atoms with E-state index in [0.29, 0.717) is 19.3 Å². The van der Waals surface area contributed by atoms with Crippen molar-refractivity contribution in [1.82, 2.24) is 16.0 Å². The number of hydrogen-bond acceptors (Lipinski definition) is 3. The van der Waals surface area contributed by atoms with Crippen LogP contribution in [0.1, 0.15) is 12.8 Å². The highest BCUT2D eigenvalue weighted by Gasteiger charge is 2.38. The highest BCUT2D eigenvalue weighted by molar-refractivity contribution is 5.88. The Morgan fingerprint density at radius 1 is 1.46 bits per heavy atom. The summed E-state index contributed by atoms with van der Waals surface area (Å²) < 4.78 is 0. The minimum Gasteiger partial charge on any atom is -0.357 e. The molecule has 0 saturated carbocycles. The molecule has 1 rings (SSSR count). The quantitative estimate of drug-likeness (QED) is 0.474. The van der Waals surface area contributed by atoms with E-state index in [1.807, 2.05) is 0 Å². The molecule has 0 aliphatic carbocycles. The number of amides is 2. The number of carbonyl (C=O) groups is 2. The first-order valence-corrected chi connectivity index (χ1v) is 4.39. The second-order valence-electron chi connectivity index (χ2n) is 3.17. The average Bonchev–Trinajstić information content (AvgIpc) is 2.18. The molecule has 0 spiro atoms. The lowest BCUT2D eigenvalue weighted by molar-refractivity contribution is -0.131. The van der Waals surface area contributed by atoms with Gasteiger partial charge in [0.05, 0.1) is 0 Å². The van der Waals surface area contributed by atoms with Gasteiger partial charge in [-0.25, -0.2) is 0 Å². The van der Waals surface area contributed by atoms with Gasteiger partial charge < -0.3 is 16.0 Å². The zero-order valence-corrected chi connectivity index (χ0v) is 7.72. The van der Waals surface area contributed by atoms with Crippen molar-refractivity contribution in [3.63, 3.8) is 0 Å². The lowest BCUT2D eigenvalue weighted by Gasteiger charge is -2.35. The first-order chi connectivity index (χ1) is 6.25. The molecule has 3 N–H and O–H groups in total. The number of carbonyl (C=O) groups excluding carboxylic acids is 2.